The highest BCUT2D eigenvalue weighted by Crippen LogP contribution is 2.19. The van der Waals surface area contributed by atoms with E-state index < -0.39 is 0 Å². The molecule has 3 rings (SSSR count). The third-order valence-electron chi connectivity index (χ3n) is 4.06. The number of aromatic amines is 1. The normalized spacial score (nSPS) is 22.6. The molecule has 3 heterocycles. The number of ether oxygens (including phenoxy) is 1. The van der Waals surface area contributed by atoms with E-state index in [4.69, 9.17) is 4.74 Å². The van der Waals surface area contributed by atoms with Gasteiger partial charge in [0.25, 0.3) is 5.91 Å². The van der Waals surface area contributed by atoms with Crippen LogP contribution in [0.5, 0.6) is 0 Å². The van der Waals surface area contributed by atoms with Gasteiger partial charge < -0.3 is 9.64 Å². The lowest BCUT2D eigenvalue weighted by Crippen LogP contribution is -2.50. The Balaban J connectivity index is 1.53. The molecule has 2 aliphatic rings. The highest BCUT2D eigenvalue weighted by Gasteiger charge is 2.28. The zero-order valence-corrected chi connectivity index (χ0v) is 11.0. The van der Waals surface area contributed by atoms with Crippen LogP contribution in [0.3, 0.4) is 0 Å². The second kappa shape index (κ2) is 5.71. The zero-order chi connectivity index (χ0) is 13.1. The van der Waals surface area contributed by atoms with Crippen LogP contribution >= 0.6 is 0 Å². The van der Waals surface area contributed by atoms with Gasteiger partial charge >= 0.3 is 0 Å². The van der Waals surface area contributed by atoms with Gasteiger partial charge in [-0.15, -0.1) is 0 Å². The summed E-state index contributed by atoms with van der Waals surface area (Å²) in [5.41, 5.74) is 0.657. The van der Waals surface area contributed by atoms with Crippen molar-refractivity contribution in [3.8, 4) is 0 Å². The van der Waals surface area contributed by atoms with Crippen molar-refractivity contribution in [2.45, 2.75) is 18.9 Å². The van der Waals surface area contributed by atoms with E-state index in [1.807, 2.05) is 4.90 Å². The van der Waals surface area contributed by atoms with Gasteiger partial charge in [-0.3, -0.25) is 14.8 Å². The van der Waals surface area contributed by atoms with Crippen LogP contribution in [-0.2, 0) is 4.74 Å². The molecule has 0 bridgehead atoms. The summed E-state index contributed by atoms with van der Waals surface area (Å²) in [7, 11) is 0. The number of nitrogens with zero attached hydrogens (tertiary/aromatic N) is 3. The van der Waals surface area contributed by atoms with E-state index in [0.29, 0.717) is 11.6 Å². The summed E-state index contributed by atoms with van der Waals surface area (Å²) >= 11 is 0. The Morgan fingerprint density at radius 2 is 2.00 bits per heavy atom. The summed E-state index contributed by atoms with van der Waals surface area (Å²) < 4.78 is 5.38. The summed E-state index contributed by atoms with van der Waals surface area (Å²) in [6.45, 7) is 5.42. The average Bonchev–Trinajstić information content (AvgIpc) is 3.02. The number of nitrogens with one attached hydrogen (secondary N) is 1. The molecule has 19 heavy (non-hydrogen) atoms. The first-order valence-corrected chi connectivity index (χ1v) is 6.94. The second-order valence-electron chi connectivity index (χ2n) is 5.16. The first-order chi connectivity index (χ1) is 9.34. The van der Waals surface area contributed by atoms with Gasteiger partial charge in [-0.2, -0.15) is 5.10 Å². The molecule has 1 aromatic rings. The lowest BCUT2D eigenvalue weighted by Gasteiger charge is -2.40. The fourth-order valence-electron chi connectivity index (χ4n) is 2.93. The van der Waals surface area contributed by atoms with Crippen LogP contribution in [0.25, 0.3) is 0 Å². The molecule has 0 spiro atoms. The molecule has 0 atom stereocenters. The number of piperidine rings is 1. The molecular weight excluding hydrogens is 244 g/mol. The molecule has 2 saturated heterocycles. The zero-order valence-electron chi connectivity index (χ0n) is 11.0. The minimum absolute atomic E-state index is 0.0918. The Bertz CT molecular complexity index is 406. The quantitative estimate of drug-likeness (QED) is 0.837. The third kappa shape index (κ3) is 2.79. The number of amides is 1. The molecule has 0 aromatic carbocycles. The second-order valence-corrected chi connectivity index (χ2v) is 5.16. The number of carbonyl (C=O) groups excluding carboxylic acids is 1. The topological polar surface area (TPSA) is 61.5 Å². The Morgan fingerprint density at radius 3 is 2.63 bits per heavy atom. The van der Waals surface area contributed by atoms with Gasteiger partial charge in [0.2, 0.25) is 0 Å². The molecule has 0 aliphatic carbocycles. The van der Waals surface area contributed by atoms with Crippen LogP contribution in [-0.4, -0.2) is 71.3 Å². The van der Waals surface area contributed by atoms with Gasteiger partial charge in [0.15, 0.2) is 0 Å². The highest BCUT2D eigenvalue weighted by molar-refractivity contribution is 5.93. The highest BCUT2D eigenvalue weighted by atomic mass is 16.5. The van der Waals surface area contributed by atoms with Crippen molar-refractivity contribution in [2.75, 3.05) is 39.4 Å². The van der Waals surface area contributed by atoms with E-state index in [1.165, 1.54) is 0 Å². The molecule has 2 aliphatic heterocycles. The number of morpholine rings is 1. The molecule has 0 unspecified atom stereocenters. The smallest absolute Gasteiger partial charge is 0.257 e. The Hall–Kier alpha value is -1.40. The lowest BCUT2D eigenvalue weighted by atomic mass is 10.0. The van der Waals surface area contributed by atoms with Gasteiger partial charge in [0.05, 0.1) is 25.0 Å². The average molecular weight is 264 g/mol. The maximum Gasteiger partial charge on any atom is 0.257 e. The monoisotopic (exact) mass is 264 g/mol. The van der Waals surface area contributed by atoms with Crippen LogP contribution in [0.4, 0.5) is 0 Å². The van der Waals surface area contributed by atoms with Crippen molar-refractivity contribution >= 4 is 5.91 Å². The summed E-state index contributed by atoms with van der Waals surface area (Å²) in [4.78, 5) is 16.6. The summed E-state index contributed by atoms with van der Waals surface area (Å²) in [5.74, 6) is 0.0918. The molecule has 1 N–H and O–H groups in total. The molecule has 0 saturated carbocycles. The molecule has 104 valence electrons. The fraction of sp³-hybridized carbons (Fsp3) is 0.692. The van der Waals surface area contributed by atoms with E-state index in [9.17, 15) is 4.79 Å². The summed E-state index contributed by atoms with van der Waals surface area (Å²) in [5, 5.41) is 6.52. The standard InChI is InChI=1S/C13H20N4O2/c18-13(11-9-14-15-10-11)17-3-1-12(2-4-17)16-5-7-19-8-6-16/h9-10,12H,1-8H2,(H,14,15). The minimum atomic E-state index is 0.0918. The predicted octanol–water partition coefficient (Wildman–Crippen LogP) is 0.347. The van der Waals surface area contributed by atoms with Crippen molar-refractivity contribution in [3.63, 3.8) is 0 Å². The minimum Gasteiger partial charge on any atom is -0.379 e. The van der Waals surface area contributed by atoms with Crippen molar-refractivity contribution in [1.82, 2.24) is 20.0 Å². The van der Waals surface area contributed by atoms with E-state index in [1.54, 1.807) is 12.4 Å². The third-order valence-corrected chi connectivity index (χ3v) is 4.06. The van der Waals surface area contributed by atoms with Gasteiger partial charge in [0, 0.05) is 38.4 Å². The van der Waals surface area contributed by atoms with Gasteiger partial charge in [-0.1, -0.05) is 0 Å². The predicted molar refractivity (Wildman–Crippen MR) is 69.9 cm³/mol. The Morgan fingerprint density at radius 1 is 1.26 bits per heavy atom. The van der Waals surface area contributed by atoms with Crippen LogP contribution in [0.1, 0.15) is 23.2 Å². The first kappa shape index (κ1) is 12.6. The number of H-pyrrole nitrogens is 1. The maximum absolute atomic E-state index is 12.2. The van der Waals surface area contributed by atoms with Gasteiger partial charge in [0.1, 0.15) is 0 Å². The van der Waals surface area contributed by atoms with E-state index in [0.717, 1.165) is 52.2 Å². The number of likely N-dealkylation sites (tertiary alicyclic amines) is 1. The fourth-order valence-corrected chi connectivity index (χ4v) is 2.93. The molecule has 0 radical (unpaired) electrons. The van der Waals surface area contributed by atoms with Crippen LogP contribution in [0, 0.1) is 0 Å². The van der Waals surface area contributed by atoms with Crippen molar-refractivity contribution in [2.24, 2.45) is 0 Å². The SMILES string of the molecule is O=C(c1cn[nH]c1)N1CCC(N2CCOCC2)CC1. The summed E-state index contributed by atoms with van der Waals surface area (Å²) in [6.07, 6.45) is 5.37. The molecule has 2 fully saturated rings. The van der Waals surface area contributed by atoms with E-state index >= 15 is 0 Å². The van der Waals surface area contributed by atoms with Crippen LogP contribution in [0.2, 0.25) is 0 Å². The first-order valence-electron chi connectivity index (χ1n) is 6.94. The number of aromatic nitrogens is 2. The van der Waals surface area contributed by atoms with Gasteiger partial charge in [-0.25, -0.2) is 0 Å². The molecule has 6 heteroatoms. The van der Waals surface area contributed by atoms with Crippen LogP contribution in [0.15, 0.2) is 12.4 Å². The van der Waals surface area contributed by atoms with Crippen molar-refractivity contribution < 1.29 is 9.53 Å². The number of rotatable bonds is 2. The molecular formula is C13H20N4O2. The van der Waals surface area contributed by atoms with E-state index in [2.05, 4.69) is 15.1 Å². The number of hydrogen-bond acceptors (Lipinski definition) is 4. The Kier molecular flexibility index (Phi) is 3.79. The Labute approximate surface area is 112 Å². The van der Waals surface area contributed by atoms with Crippen molar-refractivity contribution in [1.29, 1.82) is 0 Å². The van der Waals surface area contributed by atoms with Crippen molar-refractivity contribution in [3.05, 3.63) is 18.0 Å². The van der Waals surface area contributed by atoms with Gasteiger partial charge in [-0.05, 0) is 12.8 Å². The lowest BCUT2D eigenvalue weighted by molar-refractivity contribution is 0.00159. The number of carbonyl (C=O) groups is 1. The molecule has 1 amide bonds. The molecule has 1 aromatic heterocycles. The van der Waals surface area contributed by atoms with Crippen LogP contribution < -0.4 is 0 Å². The largest absolute Gasteiger partial charge is 0.379 e. The van der Waals surface area contributed by atoms with E-state index in [-0.39, 0.29) is 5.91 Å². The number of hydrogen-bond donors (Lipinski definition) is 1. The summed E-state index contributed by atoms with van der Waals surface area (Å²) in [6, 6.07) is 0.609. The molecule has 6 nitrogen and oxygen atoms in total. The maximum atomic E-state index is 12.2.